The third-order valence-electron chi connectivity index (χ3n) is 7.53. The summed E-state index contributed by atoms with van der Waals surface area (Å²) in [5.74, 6) is -4.02. The number of esters is 2. The van der Waals surface area contributed by atoms with E-state index in [-0.39, 0.29) is 50.7 Å². The third-order valence-corrected chi connectivity index (χ3v) is 9.56. The number of rotatable bonds is 9. The van der Waals surface area contributed by atoms with Gasteiger partial charge in [-0.25, -0.2) is 4.79 Å². The molecule has 0 radical (unpaired) electrons. The lowest BCUT2D eigenvalue weighted by atomic mass is 9.74. The molecule has 1 saturated heterocycles. The standard InChI is InChI=1S/C30H33Cl2N3O7S/c1-34-12-14-35(15-13-34)24(36)16-20-26(29(37)41-3)28(25-18(31)8-7-9-19(25)32)27(30(38)42-4)21(33-20)17-43(39)23-11-6-5-10-22(23)40-2/h5-11,26,28H,12-17H2,1-4H3. The van der Waals surface area contributed by atoms with Crippen molar-refractivity contribution in [3.63, 3.8) is 0 Å². The molecule has 0 aromatic heterocycles. The first-order valence-electron chi connectivity index (χ1n) is 13.5. The van der Waals surface area contributed by atoms with Gasteiger partial charge in [0.1, 0.15) is 11.7 Å². The molecule has 0 saturated carbocycles. The average Bonchev–Trinajstić information content (AvgIpc) is 3.00. The largest absolute Gasteiger partial charge is 0.495 e. The molecule has 10 nitrogen and oxygen atoms in total. The minimum absolute atomic E-state index is 0.0491. The van der Waals surface area contributed by atoms with Gasteiger partial charge < -0.3 is 24.0 Å². The van der Waals surface area contributed by atoms with Gasteiger partial charge in [0.2, 0.25) is 5.91 Å². The lowest BCUT2D eigenvalue weighted by molar-refractivity contribution is -0.143. The molecule has 3 atom stereocenters. The number of nitrogens with zero attached hydrogens (tertiary/aromatic N) is 3. The van der Waals surface area contributed by atoms with Gasteiger partial charge in [0.15, 0.2) is 0 Å². The number of ether oxygens (including phenoxy) is 3. The third kappa shape index (κ3) is 7.12. The maximum absolute atomic E-state index is 13.8. The van der Waals surface area contributed by atoms with Crippen LogP contribution in [0.25, 0.3) is 0 Å². The van der Waals surface area contributed by atoms with E-state index in [1.807, 2.05) is 7.05 Å². The lowest BCUT2D eigenvalue weighted by Gasteiger charge is -2.35. The summed E-state index contributed by atoms with van der Waals surface area (Å²) in [7, 11) is 4.09. The van der Waals surface area contributed by atoms with Crippen LogP contribution >= 0.6 is 23.2 Å². The zero-order valence-electron chi connectivity index (χ0n) is 24.3. The second-order valence-electron chi connectivity index (χ2n) is 10.1. The van der Waals surface area contributed by atoms with Crippen LogP contribution in [0, 0.1) is 5.92 Å². The zero-order valence-corrected chi connectivity index (χ0v) is 26.6. The molecule has 0 N–H and O–H groups in total. The number of hydrogen-bond acceptors (Lipinski definition) is 9. The highest BCUT2D eigenvalue weighted by molar-refractivity contribution is 7.85. The molecule has 3 unspecified atom stereocenters. The first-order valence-corrected chi connectivity index (χ1v) is 15.6. The van der Waals surface area contributed by atoms with E-state index in [9.17, 15) is 18.6 Å². The first-order chi connectivity index (χ1) is 20.6. The van der Waals surface area contributed by atoms with Gasteiger partial charge in [-0.3, -0.25) is 18.8 Å². The molecular formula is C30H33Cl2N3O7S. The number of benzene rings is 2. The fraction of sp³-hybridized carbons (Fsp3) is 0.400. The number of amides is 1. The second kappa shape index (κ2) is 14.5. The Morgan fingerprint density at radius 1 is 0.953 bits per heavy atom. The van der Waals surface area contributed by atoms with E-state index in [1.54, 1.807) is 47.4 Å². The van der Waals surface area contributed by atoms with Crippen LogP contribution in [-0.4, -0.2) is 97.9 Å². The quantitative estimate of drug-likeness (QED) is 0.378. The van der Waals surface area contributed by atoms with Gasteiger partial charge in [-0.1, -0.05) is 41.4 Å². The van der Waals surface area contributed by atoms with Gasteiger partial charge in [0, 0.05) is 47.9 Å². The molecule has 13 heteroatoms. The van der Waals surface area contributed by atoms with Crippen molar-refractivity contribution in [2.45, 2.75) is 17.2 Å². The van der Waals surface area contributed by atoms with Crippen LogP contribution in [0.15, 0.2) is 63.6 Å². The Morgan fingerprint density at radius 3 is 2.21 bits per heavy atom. The Kier molecular flexibility index (Phi) is 11.0. The SMILES string of the molecule is COC(=O)C1=C(CS(=O)c2ccccc2OC)N=C(CC(=O)N2CCN(C)CC2)C(C(=O)OC)C1c1c(Cl)cccc1Cl. The highest BCUT2D eigenvalue weighted by atomic mass is 35.5. The zero-order chi connectivity index (χ0) is 31.3. The molecule has 0 bridgehead atoms. The number of methoxy groups -OCH3 is 3. The van der Waals surface area contributed by atoms with Gasteiger partial charge >= 0.3 is 11.9 Å². The number of likely N-dealkylation sites (N-methyl/N-ethyl adjacent to an activating group) is 1. The normalized spacial score (nSPS) is 19.9. The molecule has 1 amide bonds. The van der Waals surface area contributed by atoms with Crippen LogP contribution in [0.4, 0.5) is 0 Å². The van der Waals surface area contributed by atoms with Crippen molar-refractivity contribution in [2.75, 3.05) is 60.3 Å². The maximum atomic E-state index is 13.8. The predicted octanol–water partition coefficient (Wildman–Crippen LogP) is 3.73. The molecule has 2 heterocycles. The molecule has 2 aromatic rings. The summed E-state index contributed by atoms with van der Waals surface area (Å²) < 4.78 is 29.5. The maximum Gasteiger partial charge on any atom is 0.336 e. The molecule has 0 spiro atoms. The van der Waals surface area contributed by atoms with E-state index in [0.717, 1.165) is 0 Å². The molecular weight excluding hydrogens is 617 g/mol. The van der Waals surface area contributed by atoms with Crippen molar-refractivity contribution in [1.29, 1.82) is 0 Å². The van der Waals surface area contributed by atoms with Crippen molar-refractivity contribution in [3.05, 3.63) is 69.3 Å². The van der Waals surface area contributed by atoms with Gasteiger partial charge in [-0.05, 0) is 36.9 Å². The highest BCUT2D eigenvalue weighted by Crippen LogP contribution is 2.46. The lowest BCUT2D eigenvalue weighted by Crippen LogP contribution is -2.48. The smallest absolute Gasteiger partial charge is 0.336 e. The molecule has 230 valence electrons. The summed E-state index contributed by atoms with van der Waals surface area (Å²) in [5.41, 5.74) is 0.448. The van der Waals surface area contributed by atoms with Crippen LogP contribution in [0.5, 0.6) is 5.75 Å². The van der Waals surface area contributed by atoms with Gasteiger partial charge in [0.25, 0.3) is 0 Å². The van der Waals surface area contributed by atoms with Crippen LogP contribution in [0.2, 0.25) is 10.0 Å². The highest BCUT2D eigenvalue weighted by Gasteiger charge is 2.46. The van der Waals surface area contributed by atoms with E-state index in [2.05, 4.69) is 4.90 Å². The van der Waals surface area contributed by atoms with Gasteiger partial charge in [-0.15, -0.1) is 0 Å². The second-order valence-corrected chi connectivity index (χ2v) is 12.3. The molecule has 2 aliphatic heterocycles. The predicted molar refractivity (Wildman–Crippen MR) is 164 cm³/mol. The monoisotopic (exact) mass is 649 g/mol. The van der Waals surface area contributed by atoms with Crippen molar-refractivity contribution < 1.29 is 32.8 Å². The Hall–Kier alpha value is -3.25. The summed E-state index contributed by atoms with van der Waals surface area (Å²) in [4.78, 5) is 49.5. The first kappa shape index (κ1) is 32.7. The van der Waals surface area contributed by atoms with E-state index >= 15 is 0 Å². The summed E-state index contributed by atoms with van der Waals surface area (Å²) >= 11 is 13.3. The van der Waals surface area contributed by atoms with E-state index in [0.29, 0.717) is 36.8 Å². The fourth-order valence-corrected chi connectivity index (χ4v) is 7.17. The summed E-state index contributed by atoms with van der Waals surface area (Å²) in [5, 5.41) is 0.370. The molecule has 4 rings (SSSR count). The Morgan fingerprint density at radius 2 is 1.60 bits per heavy atom. The Labute approximate surface area is 263 Å². The number of carbonyl (C=O) groups excluding carboxylic acids is 3. The number of halogens is 2. The van der Waals surface area contributed by atoms with Crippen LogP contribution in [0.1, 0.15) is 17.9 Å². The summed E-state index contributed by atoms with van der Waals surface area (Å²) in [6, 6.07) is 11.6. The molecule has 43 heavy (non-hydrogen) atoms. The number of carbonyl (C=O) groups is 3. The van der Waals surface area contributed by atoms with Crippen LogP contribution in [0.3, 0.4) is 0 Å². The van der Waals surface area contributed by atoms with Gasteiger partial charge in [0.05, 0.1) is 60.5 Å². The molecule has 2 aliphatic rings. The molecule has 1 fully saturated rings. The van der Waals surface area contributed by atoms with Crippen molar-refractivity contribution >= 4 is 57.6 Å². The van der Waals surface area contributed by atoms with Crippen LogP contribution in [-0.2, 0) is 34.7 Å². The summed E-state index contributed by atoms with van der Waals surface area (Å²) in [6.07, 6.45) is -0.235. The molecule has 0 aliphatic carbocycles. The topological polar surface area (TPSA) is 115 Å². The van der Waals surface area contributed by atoms with Crippen LogP contribution < -0.4 is 4.74 Å². The van der Waals surface area contributed by atoms with Crippen molar-refractivity contribution in [3.8, 4) is 5.75 Å². The molecule has 2 aromatic carbocycles. The number of para-hydroxylation sites is 1. The number of aliphatic imine (C=N–C) groups is 1. The van der Waals surface area contributed by atoms with E-state index in [1.165, 1.54) is 21.3 Å². The van der Waals surface area contributed by atoms with E-state index < -0.39 is 34.6 Å². The number of piperazine rings is 1. The van der Waals surface area contributed by atoms with E-state index in [4.69, 9.17) is 42.4 Å². The average molecular weight is 651 g/mol. The van der Waals surface area contributed by atoms with Gasteiger partial charge in [-0.2, -0.15) is 0 Å². The van der Waals surface area contributed by atoms with Crippen molar-refractivity contribution in [1.82, 2.24) is 9.80 Å². The Bertz CT molecular complexity index is 1470. The Balaban J connectivity index is 1.92. The summed E-state index contributed by atoms with van der Waals surface area (Å²) in [6.45, 7) is 2.43. The minimum Gasteiger partial charge on any atom is -0.495 e. The fourth-order valence-electron chi connectivity index (χ4n) is 5.31. The minimum atomic E-state index is -1.75. The van der Waals surface area contributed by atoms with Crippen molar-refractivity contribution in [2.24, 2.45) is 10.9 Å². The number of hydrogen-bond donors (Lipinski definition) is 0.